The summed E-state index contributed by atoms with van der Waals surface area (Å²) < 4.78 is 4.82. The minimum atomic E-state index is -2.03. The van der Waals surface area contributed by atoms with Gasteiger partial charge in [-0.1, -0.05) is 0 Å². The molecule has 0 atom stereocenters. The van der Waals surface area contributed by atoms with Gasteiger partial charge in [0, 0.05) is 0 Å². The summed E-state index contributed by atoms with van der Waals surface area (Å²) >= 11 is -2.03. The molecule has 2 heteroatoms. The fourth-order valence-electron chi connectivity index (χ4n) is 3.43. The Hall–Kier alpha value is 0.369. The van der Waals surface area contributed by atoms with E-state index in [9.17, 15) is 0 Å². The van der Waals surface area contributed by atoms with Gasteiger partial charge < -0.3 is 0 Å². The zero-order valence-corrected chi connectivity index (χ0v) is 21.5. The van der Waals surface area contributed by atoms with Crippen molar-refractivity contribution in [2.24, 2.45) is 0 Å². The van der Waals surface area contributed by atoms with E-state index in [2.05, 4.69) is 74.8 Å². The van der Waals surface area contributed by atoms with Gasteiger partial charge in [0.2, 0.25) is 0 Å². The molecule has 0 aromatic heterocycles. The molecule has 0 saturated carbocycles. The third kappa shape index (κ3) is 8.73. The van der Waals surface area contributed by atoms with Gasteiger partial charge in [-0.3, -0.25) is 0 Å². The van der Waals surface area contributed by atoms with Crippen LogP contribution in [0.15, 0.2) is 24.3 Å². The van der Waals surface area contributed by atoms with Gasteiger partial charge in [0.25, 0.3) is 0 Å². The molecular weight excluding hydrogens is 427 g/mol. The Balaban J connectivity index is 2.80. The van der Waals surface area contributed by atoms with E-state index in [1.54, 1.807) is 18.9 Å². The van der Waals surface area contributed by atoms with E-state index in [1.807, 2.05) is 0 Å². The van der Waals surface area contributed by atoms with Crippen molar-refractivity contribution in [3.05, 3.63) is 35.4 Å². The molecule has 0 unspecified atom stereocenters. The SMILES string of the molecule is CCC[CH2][Sn]([CH2]CCC)([CH2]CCC)[S]Cc1ccc(C(C)(C)C)cc1. The van der Waals surface area contributed by atoms with Crippen molar-refractivity contribution in [1.82, 2.24) is 0 Å². The normalized spacial score (nSPS) is 12.6. The van der Waals surface area contributed by atoms with Crippen LogP contribution in [0.3, 0.4) is 0 Å². The molecule has 0 radical (unpaired) electrons. The number of benzene rings is 1. The predicted octanol–water partition coefficient (Wildman–Crippen LogP) is 8.56. The topological polar surface area (TPSA) is 0 Å². The zero-order valence-electron chi connectivity index (χ0n) is 17.8. The summed E-state index contributed by atoms with van der Waals surface area (Å²) in [5.41, 5.74) is 3.26. The number of hydrogen-bond donors (Lipinski definition) is 0. The Morgan fingerprint density at radius 2 is 1.20 bits per heavy atom. The molecule has 1 aromatic rings. The van der Waals surface area contributed by atoms with E-state index >= 15 is 0 Å². The van der Waals surface area contributed by atoms with Crippen molar-refractivity contribution in [3.63, 3.8) is 0 Å². The Kier molecular flexibility index (Phi) is 11.2. The first kappa shape index (κ1) is 23.4. The van der Waals surface area contributed by atoms with Crippen molar-refractivity contribution in [2.45, 2.75) is 105 Å². The molecule has 0 aliphatic heterocycles. The first-order valence-electron chi connectivity index (χ1n) is 10.6. The Morgan fingerprint density at radius 3 is 1.56 bits per heavy atom. The van der Waals surface area contributed by atoms with Crippen LogP contribution in [0.5, 0.6) is 0 Å². The predicted molar refractivity (Wildman–Crippen MR) is 121 cm³/mol. The summed E-state index contributed by atoms with van der Waals surface area (Å²) in [5, 5.41) is 0. The van der Waals surface area contributed by atoms with E-state index in [4.69, 9.17) is 0 Å². The quantitative estimate of drug-likeness (QED) is 0.276. The van der Waals surface area contributed by atoms with E-state index in [0.717, 1.165) is 0 Å². The average molecular weight is 469 g/mol. The fraction of sp³-hybridized carbons (Fsp3) is 0.739. The van der Waals surface area contributed by atoms with Gasteiger partial charge in [-0.2, -0.15) is 0 Å². The van der Waals surface area contributed by atoms with Crippen LogP contribution in [0, 0.1) is 0 Å². The first-order valence-corrected chi connectivity index (χ1v) is 21.1. The molecule has 0 heterocycles. The second kappa shape index (κ2) is 12.0. The van der Waals surface area contributed by atoms with Crippen molar-refractivity contribution >= 4 is 25.9 Å². The van der Waals surface area contributed by atoms with E-state index < -0.39 is 17.0 Å². The number of rotatable bonds is 12. The van der Waals surface area contributed by atoms with Gasteiger partial charge in [0.15, 0.2) is 0 Å². The number of unbranched alkanes of at least 4 members (excludes halogenated alkanes) is 3. The molecule has 25 heavy (non-hydrogen) atoms. The van der Waals surface area contributed by atoms with Gasteiger partial charge in [-0.25, -0.2) is 0 Å². The fourth-order valence-corrected chi connectivity index (χ4v) is 25.9. The first-order chi connectivity index (χ1) is 11.9. The van der Waals surface area contributed by atoms with Crippen molar-refractivity contribution in [3.8, 4) is 0 Å². The summed E-state index contributed by atoms with van der Waals surface area (Å²) in [6.07, 6.45) is 8.53. The molecule has 0 fully saturated rings. The molecule has 0 amide bonds. The van der Waals surface area contributed by atoms with Gasteiger partial charge in [0.05, 0.1) is 0 Å². The van der Waals surface area contributed by atoms with Crippen LogP contribution in [0.1, 0.15) is 91.2 Å². The standard InChI is InChI=1S/C11H16S.3C4H9.Sn/c1-11(2,3)10-6-4-9(8-12)5-7-10;3*1-3-4-2;/h4-7,12H,8H2,1-3H3;3*1,3-4H2,2H3;/q;;;;+1/p-1. The van der Waals surface area contributed by atoms with Crippen LogP contribution in [0.25, 0.3) is 0 Å². The van der Waals surface area contributed by atoms with Gasteiger partial charge in [-0.15, -0.1) is 0 Å². The third-order valence-electron chi connectivity index (χ3n) is 5.32. The summed E-state index contributed by atoms with van der Waals surface area (Å²) in [6, 6.07) is 9.50. The van der Waals surface area contributed by atoms with Crippen LogP contribution in [0.2, 0.25) is 13.3 Å². The molecule has 0 bridgehead atoms. The van der Waals surface area contributed by atoms with E-state index in [1.165, 1.54) is 49.8 Å². The second-order valence-electron chi connectivity index (χ2n) is 8.73. The van der Waals surface area contributed by atoms with E-state index in [0.29, 0.717) is 0 Å². The van der Waals surface area contributed by atoms with E-state index in [-0.39, 0.29) is 5.41 Å². The Morgan fingerprint density at radius 1 is 0.760 bits per heavy atom. The minimum absolute atomic E-state index is 0.262. The van der Waals surface area contributed by atoms with Gasteiger partial charge in [-0.05, 0) is 0 Å². The summed E-state index contributed by atoms with van der Waals surface area (Å²) in [5.74, 6) is 1.26. The van der Waals surface area contributed by atoms with Crippen LogP contribution in [-0.4, -0.2) is 17.0 Å². The number of hydrogen-bond acceptors (Lipinski definition) is 1. The molecule has 1 aromatic carbocycles. The zero-order chi connectivity index (χ0) is 18.8. The molecule has 0 aliphatic rings. The Labute approximate surface area is 165 Å². The van der Waals surface area contributed by atoms with Crippen LogP contribution >= 0.6 is 8.95 Å². The maximum atomic E-state index is 2.47. The molecular formula is C23H42SSn. The summed E-state index contributed by atoms with van der Waals surface area (Å²) in [4.78, 5) is 0. The molecule has 0 aliphatic carbocycles. The molecule has 0 nitrogen and oxygen atoms in total. The van der Waals surface area contributed by atoms with Gasteiger partial charge >= 0.3 is 166 Å². The summed E-state index contributed by atoms with van der Waals surface area (Å²) in [7, 11) is 2.47. The monoisotopic (exact) mass is 470 g/mol. The molecule has 0 N–H and O–H groups in total. The molecule has 144 valence electrons. The molecule has 0 saturated heterocycles. The Bertz CT molecular complexity index is 436. The summed E-state index contributed by atoms with van der Waals surface area (Å²) in [6.45, 7) is 14.0. The molecule has 0 spiro atoms. The average Bonchev–Trinajstić information content (AvgIpc) is 2.60. The van der Waals surface area contributed by atoms with Crippen molar-refractivity contribution in [2.75, 3.05) is 0 Å². The molecule has 1 rings (SSSR count). The van der Waals surface area contributed by atoms with Crippen molar-refractivity contribution < 1.29 is 0 Å². The van der Waals surface area contributed by atoms with Crippen LogP contribution < -0.4 is 0 Å². The van der Waals surface area contributed by atoms with Crippen LogP contribution in [0.4, 0.5) is 0 Å². The van der Waals surface area contributed by atoms with Crippen LogP contribution in [-0.2, 0) is 11.2 Å². The van der Waals surface area contributed by atoms with Gasteiger partial charge in [0.1, 0.15) is 0 Å². The third-order valence-corrected chi connectivity index (χ3v) is 27.8. The maximum absolute atomic E-state index is 2.47. The second-order valence-corrected chi connectivity index (χ2v) is 28.6. The van der Waals surface area contributed by atoms with Crippen molar-refractivity contribution in [1.29, 1.82) is 0 Å².